The van der Waals surface area contributed by atoms with Crippen molar-refractivity contribution < 1.29 is 5.21 Å². The van der Waals surface area contributed by atoms with Gasteiger partial charge in [0, 0.05) is 13.1 Å². The van der Waals surface area contributed by atoms with Crippen molar-refractivity contribution >= 4 is 11.5 Å². The topological polar surface area (TPSA) is 74.7 Å². The Labute approximate surface area is 102 Å². The van der Waals surface area contributed by atoms with Gasteiger partial charge >= 0.3 is 0 Å². The van der Waals surface area contributed by atoms with E-state index in [1.807, 2.05) is 6.07 Å². The molecule has 0 saturated carbocycles. The zero-order chi connectivity index (χ0) is 12.8. The molecule has 1 rings (SSSR count). The van der Waals surface area contributed by atoms with Gasteiger partial charge in [-0.15, -0.1) is 0 Å². The lowest BCUT2D eigenvalue weighted by molar-refractivity contribution is 0.318. The fraction of sp³-hybridized carbons (Fsp3) is 0.500. The molecule has 94 valence electrons. The molecule has 5 nitrogen and oxygen atoms in total. The summed E-state index contributed by atoms with van der Waals surface area (Å²) in [5, 5.41) is 11.5. The first-order chi connectivity index (χ1) is 8.08. The minimum atomic E-state index is 0.0310. The average Bonchev–Trinajstić information content (AvgIpc) is 2.35. The van der Waals surface area contributed by atoms with Crippen molar-refractivity contribution in [3.63, 3.8) is 0 Å². The number of oxime groups is 1. The Morgan fingerprint density at radius 1 is 1.53 bits per heavy atom. The molecule has 0 aliphatic heterocycles. The first-order valence-electron chi connectivity index (χ1n) is 5.77. The molecule has 1 heterocycles. The maximum atomic E-state index is 8.54. The predicted molar refractivity (Wildman–Crippen MR) is 69.5 cm³/mol. The first-order valence-corrected chi connectivity index (χ1v) is 5.77. The molecule has 1 aromatic heterocycles. The number of nitrogens with zero attached hydrogens (tertiary/aromatic N) is 3. The predicted octanol–water partition coefficient (Wildman–Crippen LogP) is 1.66. The van der Waals surface area contributed by atoms with Crippen LogP contribution in [0.1, 0.15) is 26.5 Å². The van der Waals surface area contributed by atoms with E-state index >= 15 is 0 Å². The number of hydrogen-bond acceptors (Lipinski definition) is 4. The molecule has 0 atom stereocenters. The third-order valence-corrected chi connectivity index (χ3v) is 2.45. The monoisotopic (exact) mass is 236 g/mol. The second-order valence-corrected chi connectivity index (χ2v) is 4.32. The van der Waals surface area contributed by atoms with Crippen molar-refractivity contribution in [2.75, 3.05) is 18.0 Å². The molecule has 0 amide bonds. The van der Waals surface area contributed by atoms with Crippen molar-refractivity contribution in [2.24, 2.45) is 16.8 Å². The van der Waals surface area contributed by atoms with Gasteiger partial charge in [0.1, 0.15) is 5.69 Å². The highest BCUT2D eigenvalue weighted by Gasteiger charge is 2.08. The van der Waals surface area contributed by atoms with E-state index in [2.05, 4.69) is 35.8 Å². The van der Waals surface area contributed by atoms with Gasteiger partial charge in [0.15, 0.2) is 5.84 Å². The number of rotatable bonds is 5. The van der Waals surface area contributed by atoms with Gasteiger partial charge in [0.2, 0.25) is 0 Å². The van der Waals surface area contributed by atoms with Crippen LogP contribution in [0.15, 0.2) is 23.5 Å². The molecule has 0 aliphatic rings. The molecule has 0 radical (unpaired) electrons. The van der Waals surface area contributed by atoms with Gasteiger partial charge in [-0.1, -0.05) is 19.0 Å². The van der Waals surface area contributed by atoms with Crippen LogP contribution in [-0.2, 0) is 0 Å². The van der Waals surface area contributed by atoms with Crippen LogP contribution >= 0.6 is 0 Å². The molecule has 0 saturated heterocycles. The standard InChI is InChI=1S/C12H20N4O/c1-4-16(8-9(2)3)10-5-6-11(14-7-10)12(13)15-17/h5-7,9,17H,4,8H2,1-3H3,(H2,13,15). The Kier molecular flexibility index (Phi) is 4.75. The number of anilines is 1. The summed E-state index contributed by atoms with van der Waals surface area (Å²) in [7, 11) is 0. The van der Waals surface area contributed by atoms with Crippen LogP contribution in [0.3, 0.4) is 0 Å². The fourth-order valence-corrected chi connectivity index (χ4v) is 1.63. The smallest absolute Gasteiger partial charge is 0.188 e. The van der Waals surface area contributed by atoms with E-state index in [9.17, 15) is 0 Å². The van der Waals surface area contributed by atoms with Gasteiger partial charge in [-0.2, -0.15) is 0 Å². The van der Waals surface area contributed by atoms with Gasteiger partial charge in [0.25, 0.3) is 0 Å². The lowest BCUT2D eigenvalue weighted by Gasteiger charge is -2.24. The van der Waals surface area contributed by atoms with Crippen LogP contribution < -0.4 is 10.6 Å². The van der Waals surface area contributed by atoms with E-state index < -0.39 is 0 Å². The summed E-state index contributed by atoms with van der Waals surface area (Å²) in [4.78, 5) is 6.41. The van der Waals surface area contributed by atoms with E-state index in [1.165, 1.54) is 0 Å². The zero-order valence-electron chi connectivity index (χ0n) is 10.6. The second kappa shape index (κ2) is 6.08. The normalized spacial score (nSPS) is 11.9. The van der Waals surface area contributed by atoms with E-state index in [0.29, 0.717) is 11.6 Å². The Morgan fingerprint density at radius 2 is 2.24 bits per heavy atom. The molecule has 5 heteroatoms. The van der Waals surface area contributed by atoms with E-state index in [0.717, 1.165) is 18.8 Å². The van der Waals surface area contributed by atoms with Gasteiger partial charge in [-0.25, -0.2) is 0 Å². The van der Waals surface area contributed by atoms with Crippen LogP contribution in [-0.4, -0.2) is 29.1 Å². The van der Waals surface area contributed by atoms with Crippen LogP contribution in [0, 0.1) is 5.92 Å². The average molecular weight is 236 g/mol. The number of amidine groups is 1. The van der Waals surface area contributed by atoms with Gasteiger partial charge in [0.05, 0.1) is 11.9 Å². The van der Waals surface area contributed by atoms with E-state index in [-0.39, 0.29) is 5.84 Å². The number of nitrogens with two attached hydrogens (primary N) is 1. The van der Waals surface area contributed by atoms with Gasteiger partial charge in [-0.3, -0.25) is 4.98 Å². The molecular formula is C12H20N4O. The maximum absolute atomic E-state index is 8.54. The van der Waals surface area contributed by atoms with Crippen LogP contribution in [0.2, 0.25) is 0 Å². The number of aromatic nitrogens is 1. The SMILES string of the molecule is CCN(CC(C)C)c1ccc(/C(N)=N/O)nc1. The van der Waals surface area contributed by atoms with Crippen molar-refractivity contribution in [3.8, 4) is 0 Å². The maximum Gasteiger partial charge on any atom is 0.188 e. The summed E-state index contributed by atoms with van der Waals surface area (Å²) in [5.74, 6) is 0.627. The highest BCUT2D eigenvalue weighted by atomic mass is 16.4. The summed E-state index contributed by atoms with van der Waals surface area (Å²) in [6, 6.07) is 3.69. The lowest BCUT2D eigenvalue weighted by Crippen LogP contribution is -2.27. The largest absolute Gasteiger partial charge is 0.409 e. The summed E-state index contributed by atoms with van der Waals surface area (Å²) < 4.78 is 0. The van der Waals surface area contributed by atoms with E-state index in [4.69, 9.17) is 10.9 Å². The summed E-state index contributed by atoms with van der Waals surface area (Å²) in [5.41, 5.74) is 6.99. The molecule has 3 N–H and O–H groups in total. The molecule has 0 unspecified atom stereocenters. The minimum absolute atomic E-state index is 0.0310. The van der Waals surface area contributed by atoms with Crippen molar-refractivity contribution in [2.45, 2.75) is 20.8 Å². The van der Waals surface area contributed by atoms with Crippen molar-refractivity contribution in [1.29, 1.82) is 0 Å². The minimum Gasteiger partial charge on any atom is -0.409 e. The summed E-state index contributed by atoms with van der Waals surface area (Å²) in [6.07, 6.45) is 1.75. The van der Waals surface area contributed by atoms with Crippen LogP contribution in [0.5, 0.6) is 0 Å². The number of hydrogen-bond donors (Lipinski definition) is 2. The Bertz CT molecular complexity index is 373. The molecule has 17 heavy (non-hydrogen) atoms. The Balaban J connectivity index is 2.85. The van der Waals surface area contributed by atoms with E-state index in [1.54, 1.807) is 12.3 Å². The summed E-state index contributed by atoms with van der Waals surface area (Å²) in [6.45, 7) is 8.39. The van der Waals surface area contributed by atoms with Crippen molar-refractivity contribution in [3.05, 3.63) is 24.0 Å². The molecule has 0 aromatic carbocycles. The number of pyridine rings is 1. The Morgan fingerprint density at radius 3 is 2.65 bits per heavy atom. The third kappa shape index (κ3) is 3.62. The first kappa shape index (κ1) is 13.3. The molecule has 0 bridgehead atoms. The summed E-state index contributed by atoms with van der Waals surface area (Å²) >= 11 is 0. The lowest BCUT2D eigenvalue weighted by atomic mass is 10.2. The molecule has 0 fully saturated rings. The third-order valence-electron chi connectivity index (χ3n) is 2.45. The highest BCUT2D eigenvalue weighted by molar-refractivity contribution is 5.95. The highest BCUT2D eigenvalue weighted by Crippen LogP contribution is 2.14. The fourth-order valence-electron chi connectivity index (χ4n) is 1.63. The Hall–Kier alpha value is -1.78. The van der Waals surface area contributed by atoms with Crippen molar-refractivity contribution in [1.82, 2.24) is 4.98 Å². The van der Waals surface area contributed by atoms with Gasteiger partial charge < -0.3 is 15.8 Å². The second-order valence-electron chi connectivity index (χ2n) is 4.32. The molecule has 1 aromatic rings. The molecular weight excluding hydrogens is 216 g/mol. The van der Waals surface area contributed by atoms with Crippen LogP contribution in [0.25, 0.3) is 0 Å². The van der Waals surface area contributed by atoms with Gasteiger partial charge in [-0.05, 0) is 25.0 Å². The quantitative estimate of drug-likeness (QED) is 0.353. The molecule has 0 spiro atoms. The zero-order valence-corrected chi connectivity index (χ0v) is 10.6. The van der Waals surface area contributed by atoms with Crippen LogP contribution in [0.4, 0.5) is 5.69 Å². The molecule has 0 aliphatic carbocycles.